The molecule has 77 heavy (non-hydrogen) atoms. The number of hydrogen-bond donors (Lipinski definition) is 0. The van der Waals surface area contributed by atoms with Crippen LogP contribution in [0.3, 0.4) is 0 Å². The first-order valence-corrected chi connectivity index (χ1v) is 36.9. The molecule has 0 spiro atoms. The molecule has 0 aromatic carbocycles. The molecule has 0 aromatic heterocycles. The zero-order chi connectivity index (χ0) is 56.0. The zero-order valence-corrected chi connectivity index (χ0v) is 56.2. The average Bonchev–Trinajstić information content (AvgIpc) is 3.39. The fourth-order valence-corrected chi connectivity index (χ4v) is 11.9. The van der Waals surface area contributed by atoms with E-state index in [1.54, 1.807) is 0 Å². The van der Waals surface area contributed by atoms with Gasteiger partial charge in [0.1, 0.15) is 0 Å². The molecule has 0 bridgehead atoms. The van der Waals surface area contributed by atoms with Crippen molar-refractivity contribution >= 4 is 58.5 Å². The van der Waals surface area contributed by atoms with Crippen molar-refractivity contribution in [3.8, 4) is 0 Å². The Kier molecular flexibility index (Phi) is 72.4. The summed E-state index contributed by atoms with van der Waals surface area (Å²) in [4.78, 5) is 0. The van der Waals surface area contributed by atoms with Gasteiger partial charge >= 0.3 is 37.7 Å². The predicted molar refractivity (Wildman–Crippen MR) is 335 cm³/mol. The van der Waals surface area contributed by atoms with Crippen LogP contribution in [0.5, 0.6) is 0 Å². The molecule has 2 atom stereocenters. The molecule has 0 aliphatic heterocycles. The van der Waals surface area contributed by atoms with E-state index in [-0.39, 0.29) is 62.8 Å². The Hall–Kier alpha value is 1.000. The molecule has 0 N–H and O–H groups in total. The molecule has 0 rings (SSSR count). The van der Waals surface area contributed by atoms with Gasteiger partial charge < -0.3 is 9.11 Å². The third-order valence-corrected chi connectivity index (χ3v) is 17.1. The summed E-state index contributed by atoms with van der Waals surface area (Å²) in [5.41, 5.74) is 0. The summed E-state index contributed by atoms with van der Waals surface area (Å²) in [5, 5.41) is 0. The van der Waals surface area contributed by atoms with E-state index in [4.69, 9.17) is 0 Å². The molecule has 0 fully saturated rings. The minimum Gasteiger partial charge on any atom is -0.726 e. The Morgan fingerprint density at radius 1 is 0.234 bits per heavy atom. The first-order valence-electron chi connectivity index (χ1n) is 34.2. The van der Waals surface area contributed by atoms with Crippen LogP contribution in [0.25, 0.3) is 0 Å². The van der Waals surface area contributed by atoms with Gasteiger partial charge in [0, 0.05) is 0 Å². The van der Waals surface area contributed by atoms with Crippen molar-refractivity contribution in [3.05, 3.63) is 0 Å². The molecule has 2 unspecified atom stereocenters. The van der Waals surface area contributed by atoms with E-state index in [9.17, 15) is 25.9 Å². The second-order valence-electron chi connectivity index (χ2n) is 23.9. The summed E-state index contributed by atoms with van der Waals surface area (Å²) in [6.07, 6.45) is 76.1. The molecular formula is C66H134CaO8S2. The Balaban J connectivity index is -0.00000140. The molecule has 0 radical (unpaired) electrons. The topological polar surface area (TPSA) is 133 Å². The maximum Gasteiger partial charge on any atom is 2.00 e. The molecule has 0 saturated heterocycles. The maximum atomic E-state index is 10.9. The van der Waals surface area contributed by atoms with Gasteiger partial charge in [-0.25, -0.2) is 16.8 Å². The second kappa shape index (κ2) is 67.8. The summed E-state index contributed by atoms with van der Waals surface area (Å²) >= 11 is 0. The molecule has 8 nitrogen and oxygen atoms in total. The van der Waals surface area contributed by atoms with Crippen molar-refractivity contribution in [3.63, 3.8) is 0 Å². The van der Waals surface area contributed by atoms with Gasteiger partial charge in [0.2, 0.25) is 20.8 Å². The maximum absolute atomic E-state index is 10.9. The molecule has 0 saturated carbocycles. The van der Waals surface area contributed by atoms with Crippen LogP contribution >= 0.6 is 0 Å². The quantitative estimate of drug-likeness (QED) is 0.0254. The third-order valence-electron chi connectivity index (χ3n) is 16.3. The van der Waals surface area contributed by atoms with Gasteiger partial charge in [-0.1, -0.05) is 374 Å². The summed E-state index contributed by atoms with van der Waals surface area (Å²) in [6.45, 7) is 9.23. The summed E-state index contributed by atoms with van der Waals surface area (Å²) in [7, 11) is -9.17. The molecule has 0 heterocycles. The van der Waals surface area contributed by atoms with Crippen LogP contribution in [0.1, 0.15) is 400 Å². The van der Waals surface area contributed by atoms with Crippen molar-refractivity contribution in [1.82, 2.24) is 0 Å². The van der Waals surface area contributed by atoms with Gasteiger partial charge in [0.05, 0.1) is 13.2 Å². The van der Waals surface area contributed by atoms with Crippen LogP contribution < -0.4 is 0 Å². The van der Waals surface area contributed by atoms with Crippen LogP contribution in [0, 0.1) is 11.8 Å². The Bertz CT molecular complexity index is 1200. The van der Waals surface area contributed by atoms with Gasteiger partial charge in [0.15, 0.2) is 0 Å². The Morgan fingerprint density at radius 3 is 0.468 bits per heavy atom. The van der Waals surface area contributed by atoms with Gasteiger partial charge in [-0.05, 0) is 37.5 Å². The van der Waals surface area contributed by atoms with Crippen molar-refractivity contribution < 1.29 is 34.3 Å². The van der Waals surface area contributed by atoms with Gasteiger partial charge in [-0.3, -0.25) is 8.37 Å². The molecule has 0 aliphatic rings. The monoisotopic (exact) mass is 1160 g/mol. The van der Waals surface area contributed by atoms with E-state index in [2.05, 4.69) is 36.1 Å². The van der Waals surface area contributed by atoms with Crippen molar-refractivity contribution in [2.75, 3.05) is 13.2 Å². The SMILES string of the molecule is CCCCCCCCCCCCCCCCC(CCCCCCCCCCCCCCC)COS(=O)(=O)[O-].CCCCCCCCCCCCCCCCC(CCCCCCCCCCCCCCC)COS(=O)(=O)[O-].[Ca+2]. The molecule has 0 aromatic rings. The zero-order valence-electron chi connectivity index (χ0n) is 52.4. The van der Waals surface area contributed by atoms with E-state index in [1.165, 1.54) is 321 Å². The number of rotatable bonds is 64. The van der Waals surface area contributed by atoms with E-state index < -0.39 is 20.8 Å². The third kappa shape index (κ3) is 77.0. The molecule has 0 aliphatic carbocycles. The molecule has 460 valence electrons. The molecule has 0 amide bonds. The van der Waals surface area contributed by atoms with Crippen molar-refractivity contribution in [2.45, 2.75) is 400 Å². The van der Waals surface area contributed by atoms with E-state index in [1.807, 2.05) is 0 Å². The summed E-state index contributed by atoms with van der Waals surface area (Å²) in [6, 6.07) is 0. The smallest absolute Gasteiger partial charge is 0.726 e. The van der Waals surface area contributed by atoms with Gasteiger partial charge in [0.25, 0.3) is 0 Å². The number of hydrogen-bond acceptors (Lipinski definition) is 8. The van der Waals surface area contributed by atoms with E-state index in [0.29, 0.717) is 0 Å². The van der Waals surface area contributed by atoms with Crippen molar-refractivity contribution in [2.24, 2.45) is 11.8 Å². The van der Waals surface area contributed by atoms with Gasteiger partial charge in [-0.2, -0.15) is 0 Å². The van der Waals surface area contributed by atoms with E-state index >= 15 is 0 Å². The van der Waals surface area contributed by atoms with Crippen LogP contribution in [-0.2, 0) is 29.2 Å². The Morgan fingerprint density at radius 2 is 0.351 bits per heavy atom. The predicted octanol–water partition coefficient (Wildman–Crippen LogP) is 22.5. The minimum atomic E-state index is -4.59. The van der Waals surface area contributed by atoms with Crippen LogP contribution in [0.15, 0.2) is 0 Å². The number of unbranched alkanes of at least 4 members (excludes halogenated alkanes) is 50. The average molecular weight is 1160 g/mol. The van der Waals surface area contributed by atoms with Crippen LogP contribution in [-0.4, -0.2) is 76.9 Å². The molecular weight excluding hydrogens is 1020 g/mol. The fraction of sp³-hybridized carbons (Fsp3) is 1.00. The minimum absolute atomic E-state index is 0. The first kappa shape index (κ1) is 82.2. The van der Waals surface area contributed by atoms with E-state index in [0.717, 1.165) is 51.4 Å². The largest absolute Gasteiger partial charge is 2.00 e. The van der Waals surface area contributed by atoms with Crippen LogP contribution in [0.2, 0.25) is 0 Å². The van der Waals surface area contributed by atoms with Crippen molar-refractivity contribution in [1.29, 1.82) is 0 Å². The fourth-order valence-electron chi connectivity index (χ4n) is 11.1. The summed E-state index contributed by atoms with van der Waals surface area (Å²) in [5.74, 6) is 0.396. The first-order chi connectivity index (χ1) is 37.0. The van der Waals surface area contributed by atoms with Gasteiger partial charge in [-0.15, -0.1) is 0 Å². The second-order valence-corrected chi connectivity index (χ2v) is 26.1. The molecule has 11 heteroatoms. The normalized spacial score (nSPS) is 12.6. The van der Waals surface area contributed by atoms with Crippen LogP contribution in [0.4, 0.5) is 0 Å². The standard InChI is InChI=1S/2C33H68O4S.Ca/c2*1-3-5-7-9-11-13-15-17-19-21-23-25-27-29-31-33(32-37-38(34,35)36)30-28-26-24-22-20-18-16-14-12-10-8-6-4-2;/h2*33H,3-32H2,1-2H3,(H,34,35,36);/q;;+2/p-2. The summed E-state index contributed by atoms with van der Waals surface area (Å²) < 4.78 is 75.0. The Labute approximate surface area is 513 Å².